The van der Waals surface area contributed by atoms with Gasteiger partial charge in [0, 0.05) is 23.5 Å². The van der Waals surface area contributed by atoms with Crippen molar-refractivity contribution in [2.24, 2.45) is 0 Å². The summed E-state index contributed by atoms with van der Waals surface area (Å²) in [5.41, 5.74) is 3.55. The molecule has 1 aliphatic rings. The predicted octanol–water partition coefficient (Wildman–Crippen LogP) is 4.68. The second-order valence-corrected chi connectivity index (χ2v) is 8.72. The Morgan fingerprint density at radius 3 is 2.82 bits per heavy atom. The first-order valence-electron chi connectivity index (χ1n) is 10.7. The first-order valence-corrected chi connectivity index (χ1v) is 11.5. The summed E-state index contributed by atoms with van der Waals surface area (Å²) in [7, 11) is 3.26. The highest BCUT2D eigenvalue weighted by Crippen LogP contribution is 2.46. The molecule has 8 nitrogen and oxygen atoms in total. The molecule has 3 heterocycles. The minimum absolute atomic E-state index is 0.0818. The summed E-state index contributed by atoms with van der Waals surface area (Å²) >= 11 is 1.50. The van der Waals surface area contributed by atoms with Crippen LogP contribution in [-0.2, 0) is 4.79 Å². The number of hydrogen-bond acceptors (Lipinski definition) is 7. The zero-order valence-corrected chi connectivity index (χ0v) is 19.7. The fourth-order valence-electron chi connectivity index (χ4n) is 4.33. The number of thiazole rings is 1. The SMILES string of the molecule is CCOc1c(OC)cccc1C1CC(=O)Nc2c1c(C)nn2-c1nc2ccc(OC)cc2s1. The second kappa shape index (κ2) is 8.40. The first-order chi connectivity index (χ1) is 16.0. The third kappa shape index (κ3) is 3.58. The molecular weight excluding hydrogens is 440 g/mol. The van der Waals surface area contributed by atoms with Crippen LogP contribution >= 0.6 is 11.3 Å². The monoisotopic (exact) mass is 464 g/mol. The summed E-state index contributed by atoms with van der Waals surface area (Å²) in [6.07, 6.45) is 0.295. The number of amides is 1. The van der Waals surface area contributed by atoms with Gasteiger partial charge in [0.1, 0.15) is 11.6 Å². The van der Waals surface area contributed by atoms with Gasteiger partial charge in [-0.3, -0.25) is 4.79 Å². The van der Waals surface area contributed by atoms with E-state index in [1.54, 1.807) is 18.9 Å². The molecule has 0 aliphatic carbocycles. The Kier molecular flexibility index (Phi) is 5.41. The lowest BCUT2D eigenvalue weighted by Gasteiger charge is -2.26. The smallest absolute Gasteiger partial charge is 0.226 e. The van der Waals surface area contributed by atoms with Crippen molar-refractivity contribution in [3.05, 3.63) is 53.2 Å². The highest BCUT2D eigenvalue weighted by atomic mass is 32.1. The van der Waals surface area contributed by atoms with Gasteiger partial charge in [0.15, 0.2) is 11.5 Å². The van der Waals surface area contributed by atoms with Crippen molar-refractivity contribution in [1.82, 2.24) is 14.8 Å². The molecule has 1 atom stereocenters. The minimum atomic E-state index is -0.214. The summed E-state index contributed by atoms with van der Waals surface area (Å²) in [5, 5.41) is 8.48. The van der Waals surface area contributed by atoms with E-state index in [0.717, 1.165) is 32.8 Å². The maximum atomic E-state index is 12.8. The van der Waals surface area contributed by atoms with Crippen molar-refractivity contribution in [3.8, 4) is 22.4 Å². The average molecular weight is 465 g/mol. The standard InChI is InChI=1S/C24H24N4O4S/c1-5-32-22-15(7-6-8-18(22)31-4)16-12-20(29)26-23-21(16)13(2)27-28(23)24-25-17-10-9-14(30-3)11-19(17)33-24/h6-11,16H,5,12H2,1-4H3,(H,26,29). The molecule has 0 saturated heterocycles. The van der Waals surface area contributed by atoms with Crippen LogP contribution in [0, 0.1) is 6.92 Å². The molecular formula is C24H24N4O4S. The van der Waals surface area contributed by atoms with E-state index in [-0.39, 0.29) is 11.8 Å². The zero-order chi connectivity index (χ0) is 23.1. The lowest BCUT2D eigenvalue weighted by molar-refractivity contribution is -0.116. The number of benzene rings is 2. The van der Waals surface area contributed by atoms with Gasteiger partial charge in [0.05, 0.1) is 36.7 Å². The molecule has 0 spiro atoms. The van der Waals surface area contributed by atoms with E-state index in [4.69, 9.17) is 24.3 Å². The topological polar surface area (TPSA) is 87.5 Å². The minimum Gasteiger partial charge on any atom is -0.497 e. The van der Waals surface area contributed by atoms with Crippen LogP contribution in [0.4, 0.5) is 5.82 Å². The van der Waals surface area contributed by atoms with Crippen molar-refractivity contribution in [2.45, 2.75) is 26.2 Å². The highest BCUT2D eigenvalue weighted by Gasteiger charge is 2.35. The maximum Gasteiger partial charge on any atom is 0.226 e. The number of methoxy groups -OCH3 is 2. The number of ether oxygens (including phenoxy) is 3. The normalized spacial score (nSPS) is 15.3. The van der Waals surface area contributed by atoms with Crippen LogP contribution < -0.4 is 19.5 Å². The molecule has 2 aromatic carbocycles. The number of carbonyl (C=O) groups excluding carboxylic acids is 1. The number of fused-ring (bicyclic) bond motifs is 2. The van der Waals surface area contributed by atoms with Gasteiger partial charge in [-0.1, -0.05) is 23.5 Å². The Morgan fingerprint density at radius 1 is 1.21 bits per heavy atom. The quantitative estimate of drug-likeness (QED) is 0.446. The van der Waals surface area contributed by atoms with Crippen LogP contribution in [0.5, 0.6) is 17.2 Å². The molecule has 0 saturated carbocycles. The van der Waals surface area contributed by atoms with Gasteiger partial charge in [0.2, 0.25) is 11.0 Å². The number of para-hydroxylation sites is 1. The van der Waals surface area contributed by atoms with Gasteiger partial charge < -0.3 is 19.5 Å². The van der Waals surface area contributed by atoms with Crippen LogP contribution in [0.1, 0.15) is 36.1 Å². The van der Waals surface area contributed by atoms with Crippen molar-refractivity contribution >= 4 is 33.3 Å². The number of hydrogen-bond donors (Lipinski definition) is 1. The molecule has 0 fully saturated rings. The number of nitrogens with one attached hydrogen (secondary N) is 1. The molecule has 1 amide bonds. The Morgan fingerprint density at radius 2 is 2.06 bits per heavy atom. The van der Waals surface area contributed by atoms with Crippen molar-refractivity contribution in [2.75, 3.05) is 26.1 Å². The van der Waals surface area contributed by atoms with Gasteiger partial charge in [-0.05, 0) is 38.1 Å². The summed E-state index contributed by atoms with van der Waals surface area (Å²) in [5.74, 6) is 2.42. The zero-order valence-electron chi connectivity index (χ0n) is 18.8. The van der Waals surface area contributed by atoms with Crippen LogP contribution in [0.15, 0.2) is 36.4 Å². The van der Waals surface area contributed by atoms with Crippen molar-refractivity contribution < 1.29 is 19.0 Å². The van der Waals surface area contributed by atoms with Crippen LogP contribution in [0.2, 0.25) is 0 Å². The van der Waals surface area contributed by atoms with Gasteiger partial charge in [-0.25, -0.2) is 4.98 Å². The lowest BCUT2D eigenvalue weighted by atomic mass is 9.85. The molecule has 0 bridgehead atoms. The van der Waals surface area contributed by atoms with Gasteiger partial charge in [-0.15, -0.1) is 0 Å². The molecule has 9 heteroatoms. The van der Waals surface area contributed by atoms with E-state index < -0.39 is 0 Å². The molecule has 1 N–H and O–H groups in total. The third-order valence-electron chi connectivity index (χ3n) is 5.76. The van der Waals surface area contributed by atoms with Crippen molar-refractivity contribution in [1.29, 1.82) is 0 Å². The van der Waals surface area contributed by atoms with E-state index in [0.29, 0.717) is 35.5 Å². The van der Waals surface area contributed by atoms with Crippen molar-refractivity contribution in [3.63, 3.8) is 0 Å². The molecule has 33 heavy (non-hydrogen) atoms. The maximum absolute atomic E-state index is 12.8. The fraction of sp³-hybridized carbons (Fsp3) is 0.292. The number of anilines is 1. The van der Waals surface area contributed by atoms with E-state index in [2.05, 4.69) is 5.32 Å². The average Bonchev–Trinajstić information content (AvgIpc) is 3.39. The summed E-state index contributed by atoms with van der Waals surface area (Å²) in [6.45, 7) is 4.38. The third-order valence-corrected chi connectivity index (χ3v) is 6.76. The molecule has 1 unspecified atom stereocenters. The molecule has 1 aliphatic heterocycles. The Balaban J connectivity index is 1.66. The summed E-state index contributed by atoms with van der Waals surface area (Å²) < 4.78 is 19.5. The van der Waals surface area contributed by atoms with Crippen LogP contribution in [0.25, 0.3) is 15.3 Å². The van der Waals surface area contributed by atoms with Crippen LogP contribution in [-0.4, -0.2) is 41.5 Å². The lowest BCUT2D eigenvalue weighted by Crippen LogP contribution is -2.25. The van der Waals surface area contributed by atoms with Gasteiger partial charge in [0.25, 0.3) is 0 Å². The second-order valence-electron chi connectivity index (χ2n) is 7.71. The number of aryl methyl sites for hydroxylation is 1. The number of rotatable bonds is 6. The number of carbonyl (C=O) groups is 1. The molecule has 4 aromatic rings. The van der Waals surface area contributed by atoms with E-state index in [9.17, 15) is 4.79 Å². The van der Waals surface area contributed by atoms with Gasteiger partial charge >= 0.3 is 0 Å². The van der Waals surface area contributed by atoms with E-state index >= 15 is 0 Å². The number of aromatic nitrogens is 3. The Bertz CT molecular complexity index is 1360. The fourth-order valence-corrected chi connectivity index (χ4v) is 5.28. The predicted molar refractivity (Wildman–Crippen MR) is 127 cm³/mol. The van der Waals surface area contributed by atoms with E-state index in [1.165, 1.54) is 11.3 Å². The summed E-state index contributed by atoms with van der Waals surface area (Å²) in [4.78, 5) is 17.6. The summed E-state index contributed by atoms with van der Waals surface area (Å²) in [6, 6.07) is 11.5. The van der Waals surface area contributed by atoms with Crippen LogP contribution in [0.3, 0.4) is 0 Å². The highest BCUT2D eigenvalue weighted by molar-refractivity contribution is 7.20. The van der Waals surface area contributed by atoms with E-state index in [1.807, 2.05) is 50.2 Å². The number of nitrogens with zero attached hydrogens (tertiary/aromatic N) is 3. The Hall–Kier alpha value is -3.59. The molecule has 5 rings (SSSR count). The first kappa shape index (κ1) is 21.3. The van der Waals surface area contributed by atoms with Gasteiger partial charge in [-0.2, -0.15) is 9.78 Å². The Labute approximate surface area is 195 Å². The molecule has 170 valence electrons. The molecule has 2 aromatic heterocycles. The molecule has 0 radical (unpaired) electrons. The largest absolute Gasteiger partial charge is 0.497 e.